The number of nitrogens with two attached hydrogens (primary N) is 1. The second kappa shape index (κ2) is 42.2. The molecule has 6 aromatic carbocycles. The summed E-state index contributed by atoms with van der Waals surface area (Å²) in [6.07, 6.45) is 18.7. The van der Waals surface area contributed by atoms with Gasteiger partial charge in [0.1, 0.15) is 22.6 Å². The van der Waals surface area contributed by atoms with Crippen LogP contribution < -0.4 is 30.7 Å². The number of benzene rings is 6. The van der Waals surface area contributed by atoms with Crippen LogP contribution in [0.25, 0.3) is 88.6 Å². The Bertz CT molecular complexity index is 6040. The molecule has 4 amide bonds. The number of amides is 4. The minimum absolute atomic E-state index is 0.150. The molecule has 26 heteroatoms. The quantitative estimate of drug-likeness (QED) is 0.0369. The molecule has 0 bridgehead atoms. The van der Waals surface area contributed by atoms with Crippen LogP contribution in [-0.4, -0.2) is 256 Å². The van der Waals surface area contributed by atoms with Gasteiger partial charge in [-0.05, 0) is 129 Å². The summed E-state index contributed by atoms with van der Waals surface area (Å²) in [5.41, 5.74) is 25.0. The number of carbonyl (C=O) groups is 4. The van der Waals surface area contributed by atoms with Gasteiger partial charge in [-0.1, -0.05) is 183 Å². The smallest absolute Gasteiger partial charge is 0.231 e. The molecule has 0 spiro atoms. The highest BCUT2D eigenvalue weighted by Crippen LogP contribution is 2.43. The number of anilines is 4. The van der Waals surface area contributed by atoms with Crippen LogP contribution in [0.5, 0.6) is 0 Å². The van der Waals surface area contributed by atoms with Gasteiger partial charge in [-0.15, -0.1) is 0 Å². The molecule has 24 nitrogen and oxygen atoms in total. The van der Waals surface area contributed by atoms with Crippen molar-refractivity contribution >= 4 is 114 Å². The number of hydrogen-bond acceptors (Lipinski definition) is 16. The van der Waals surface area contributed by atoms with E-state index in [0.717, 1.165) is 204 Å². The van der Waals surface area contributed by atoms with E-state index in [9.17, 15) is 19.2 Å². The predicted octanol–water partition coefficient (Wildman–Crippen LogP) is 16.6. The van der Waals surface area contributed by atoms with Crippen LogP contribution in [0.4, 0.5) is 22.7 Å². The summed E-state index contributed by atoms with van der Waals surface area (Å²) in [6.45, 7) is 23.4. The van der Waals surface area contributed by atoms with Crippen molar-refractivity contribution in [3.05, 3.63) is 265 Å². The maximum Gasteiger partial charge on any atom is 0.231 e. The molecule has 14 aromatic rings. The molecule has 0 unspecified atom stereocenters. The van der Waals surface area contributed by atoms with E-state index in [1.807, 2.05) is 149 Å². The van der Waals surface area contributed by atoms with E-state index in [4.69, 9.17) is 28.9 Å². The number of nitrogens with one attached hydrogen (secondary N) is 5. The number of hydrogen-bond donors (Lipinski definition) is 6. The number of likely N-dealkylation sites (N-methyl/N-ethyl adjacent to an activating group) is 2. The first-order valence-corrected chi connectivity index (χ1v) is 46.2. The van der Waals surface area contributed by atoms with Crippen LogP contribution in [0.1, 0.15) is 76.3 Å². The third-order valence-electron chi connectivity index (χ3n) is 25.9. The molecule has 19 rings (SSSR count). The number of halogens is 2. The van der Waals surface area contributed by atoms with Crippen molar-refractivity contribution in [3.63, 3.8) is 0 Å². The zero-order valence-corrected chi connectivity index (χ0v) is 76.2. The number of carbonyl (C=O) groups excluding carboxylic acids is 4. The Morgan fingerprint density at radius 2 is 0.744 bits per heavy atom. The monoisotopic (exact) mass is 1770 g/mol. The molecule has 0 radical (unpaired) electrons. The van der Waals surface area contributed by atoms with Crippen LogP contribution in [0.15, 0.2) is 244 Å². The predicted molar refractivity (Wildman–Crippen MR) is 525 cm³/mol. The maximum atomic E-state index is 14.1. The number of piperazine rings is 4. The van der Waals surface area contributed by atoms with E-state index < -0.39 is 0 Å². The van der Waals surface area contributed by atoms with Gasteiger partial charge < -0.3 is 80.0 Å². The fourth-order valence-electron chi connectivity index (χ4n) is 18.7. The summed E-state index contributed by atoms with van der Waals surface area (Å²) in [5.74, 6) is 0.395. The molecular weight excluding hydrogens is 1650 g/mol. The first-order chi connectivity index (χ1) is 62.9. The molecule has 129 heavy (non-hydrogen) atoms. The Kier molecular flexibility index (Phi) is 29.4. The third kappa shape index (κ3) is 21.0. The number of fused-ring (bicyclic) bond motifs is 4. The molecule has 668 valence electrons. The Balaban J connectivity index is 0.000000127. The van der Waals surface area contributed by atoms with Gasteiger partial charge in [0.15, 0.2) is 0 Å². The van der Waals surface area contributed by atoms with Crippen molar-refractivity contribution < 1.29 is 19.2 Å². The molecule has 13 heterocycles. The van der Waals surface area contributed by atoms with Gasteiger partial charge in [0, 0.05) is 259 Å². The van der Waals surface area contributed by atoms with Crippen LogP contribution >= 0.6 is 23.2 Å². The van der Waals surface area contributed by atoms with Crippen molar-refractivity contribution in [2.45, 2.75) is 83.3 Å². The van der Waals surface area contributed by atoms with Gasteiger partial charge in [0.05, 0.1) is 34.6 Å². The molecule has 7 N–H and O–H groups in total. The van der Waals surface area contributed by atoms with E-state index in [1.54, 1.807) is 0 Å². The number of H-pyrrole nitrogens is 4. The van der Waals surface area contributed by atoms with Gasteiger partial charge in [0.25, 0.3) is 0 Å². The molecule has 5 fully saturated rings. The minimum Gasteiger partial charge on any atom is -0.367 e. The molecule has 8 aromatic heterocycles. The van der Waals surface area contributed by atoms with Gasteiger partial charge in [-0.2, -0.15) is 0 Å². The molecule has 3 atom stereocenters. The lowest BCUT2D eigenvalue weighted by molar-refractivity contribution is -0.135. The fraction of sp³-hybridized carbons (Fsp3) is 0.340. The highest BCUT2D eigenvalue weighted by Gasteiger charge is 2.40. The number of nitrogens with zero attached hydrogens (tertiary/aromatic N) is 14. The first-order valence-electron chi connectivity index (χ1n) is 45.5. The lowest BCUT2D eigenvalue weighted by Gasteiger charge is -2.40. The first kappa shape index (κ1) is 90.0. The van der Waals surface area contributed by atoms with Crippen LogP contribution in [0.2, 0.25) is 10.0 Å². The highest BCUT2D eigenvalue weighted by molar-refractivity contribution is 6.31. The van der Waals surface area contributed by atoms with E-state index in [0.29, 0.717) is 74.2 Å². The summed E-state index contributed by atoms with van der Waals surface area (Å²) in [7, 11) is 4.22. The lowest BCUT2D eigenvalue weighted by atomic mass is 9.88. The second-order valence-electron chi connectivity index (χ2n) is 34.6. The maximum absolute atomic E-state index is 14.1. The average molecular weight is 1770 g/mol. The Hall–Kier alpha value is -12.4. The van der Waals surface area contributed by atoms with Crippen LogP contribution in [0, 0.1) is 0 Å². The summed E-state index contributed by atoms with van der Waals surface area (Å²) < 4.78 is 0. The van der Waals surface area contributed by atoms with Crippen LogP contribution in [-0.2, 0) is 19.2 Å². The molecule has 5 aliphatic heterocycles. The molecular formula is C103H118Cl2N20O4. The number of aromatic amines is 4. The zero-order chi connectivity index (χ0) is 89.4. The fourth-order valence-corrected chi connectivity index (χ4v) is 19.0. The van der Waals surface area contributed by atoms with E-state index in [2.05, 4.69) is 230 Å². The SMILES string of the molecule is CC(C)N(C)C[C@@H](C(=O)N1CCN(c2c(-c3ccccc3)cnc3[nH]ccc23)CC1)c1ccc(Cl)cc1.CC(C)NCCC(=O)N1CCN(c2c(-c3ccccc3)cnc3[nH]ccc23)CC1.CN1CCC[C@H]1[C@@H](C(=O)N1CCN(c2c(-c3ccccc3)cnc3[nH]ccc23)CC1)c1ccc(Cl)cc1.NCCC(=O)N1CCN(c2c(-c3ccccc3)cnc3[nH]ccc23)CC1. The minimum atomic E-state index is -0.228. The molecule has 0 saturated carbocycles. The van der Waals surface area contributed by atoms with E-state index in [1.165, 1.54) is 22.7 Å². The zero-order valence-electron chi connectivity index (χ0n) is 74.7. The summed E-state index contributed by atoms with van der Waals surface area (Å²) in [5, 5.41) is 9.19. The highest BCUT2D eigenvalue weighted by atomic mass is 35.5. The van der Waals surface area contributed by atoms with Crippen molar-refractivity contribution in [2.75, 3.05) is 165 Å². The Labute approximate surface area is 765 Å². The Morgan fingerprint density at radius 3 is 1.06 bits per heavy atom. The summed E-state index contributed by atoms with van der Waals surface area (Å²) in [4.78, 5) is 106. The van der Waals surface area contributed by atoms with E-state index >= 15 is 0 Å². The molecule has 5 saturated heterocycles. The van der Waals surface area contributed by atoms with Gasteiger partial charge in [0.2, 0.25) is 23.6 Å². The van der Waals surface area contributed by atoms with E-state index in [-0.39, 0.29) is 41.5 Å². The molecule has 5 aliphatic rings. The Morgan fingerprint density at radius 1 is 0.419 bits per heavy atom. The number of likely N-dealkylation sites (tertiary alicyclic amines) is 1. The average Bonchev–Trinajstić information content (AvgIpc) is 1.71. The normalized spacial score (nSPS) is 16.2. The van der Waals surface area contributed by atoms with Crippen molar-refractivity contribution in [3.8, 4) is 44.5 Å². The van der Waals surface area contributed by atoms with Gasteiger partial charge in [-0.3, -0.25) is 19.2 Å². The topological polar surface area (TPSA) is 253 Å². The van der Waals surface area contributed by atoms with Gasteiger partial charge >= 0.3 is 0 Å². The standard InChI is InChI=1S/C30H32ClN5O.C30H34ClN5O.C23H29N5O.C20H23N5O/c1-34-15-5-8-26(34)27(22-9-11-23(31)12-10-22)30(37)36-18-16-35(17-19-36)28-24-13-14-32-29(24)33-20-25(28)21-6-3-2-4-7-21;1-21(2)34(3)20-27(23-9-11-24(31)12-10-23)30(37)36-17-15-35(16-18-36)28-25-13-14-32-29(25)33-19-26(28)22-7-5-4-6-8-22;1-17(2)24-11-9-21(29)27-12-14-28(15-13-27)22-19-8-10-25-23(19)26-16-20(22)18-6-4-3-5-7-18;21-8-6-18(26)24-10-12-25(13-11-24)19-16-7-9-22-20(16)23-14-17(19)15-4-2-1-3-5-15/h2-4,6-7,9-14,20,26-27H,5,8,15-19H2,1H3,(H,32,33);4-14,19,21,27H,15-18,20H2,1-3H3,(H,32,33);3-8,10,16-17,24H,9,11-15H2,1-2H3,(H,25,26);1-5,7,9,14H,6,8,10-13,21H2,(H,22,23)/t26-,27-;27-;;/m01../s1. The number of aromatic nitrogens is 8. The van der Waals surface area contributed by atoms with Crippen molar-refractivity contribution in [1.29, 1.82) is 0 Å². The van der Waals surface area contributed by atoms with Crippen molar-refractivity contribution in [2.24, 2.45) is 5.73 Å². The summed E-state index contributed by atoms with van der Waals surface area (Å²) in [6, 6.07) is 66.5. The lowest BCUT2D eigenvalue weighted by Crippen LogP contribution is -2.52. The van der Waals surface area contributed by atoms with Crippen molar-refractivity contribution in [1.82, 2.24) is 74.6 Å². The molecule has 0 aliphatic carbocycles. The largest absolute Gasteiger partial charge is 0.367 e. The van der Waals surface area contributed by atoms with Crippen LogP contribution in [0.3, 0.4) is 0 Å². The van der Waals surface area contributed by atoms with Gasteiger partial charge in [-0.25, -0.2) is 19.9 Å². The summed E-state index contributed by atoms with van der Waals surface area (Å²) >= 11 is 12.3. The second-order valence-corrected chi connectivity index (χ2v) is 35.5. The third-order valence-corrected chi connectivity index (χ3v) is 26.4. The number of rotatable bonds is 22. The number of pyridine rings is 4.